The number of carbonyl (C=O) groups excluding carboxylic acids is 1. The van der Waals surface area contributed by atoms with Gasteiger partial charge in [-0.25, -0.2) is 0 Å². The van der Waals surface area contributed by atoms with E-state index >= 15 is 0 Å². The smallest absolute Gasteiger partial charge is 0.242 e. The predicted molar refractivity (Wildman–Crippen MR) is 42.2 cm³/mol. The topological polar surface area (TPSA) is 80.9 Å². The second kappa shape index (κ2) is 3.40. The average molecular weight is 172 g/mol. The molecule has 0 spiro atoms. The summed E-state index contributed by atoms with van der Waals surface area (Å²) in [5.74, 6) is -0.248. The summed E-state index contributed by atoms with van der Waals surface area (Å²) in [5.41, 5.74) is 6.84. The summed E-state index contributed by atoms with van der Waals surface area (Å²) in [4.78, 5) is 10.9. The molecular weight excluding hydrogens is 164 g/mol. The van der Waals surface area contributed by atoms with E-state index in [0.29, 0.717) is 5.13 Å². The van der Waals surface area contributed by atoms with Crippen molar-refractivity contribution in [3.63, 3.8) is 0 Å². The van der Waals surface area contributed by atoms with Crippen molar-refractivity contribution in [2.45, 2.75) is 13.0 Å². The lowest BCUT2D eigenvalue weighted by molar-refractivity contribution is -0.117. The zero-order valence-electron chi connectivity index (χ0n) is 5.94. The largest absolute Gasteiger partial charge is 0.320 e. The van der Waals surface area contributed by atoms with Crippen LogP contribution in [0.1, 0.15) is 6.92 Å². The van der Waals surface area contributed by atoms with E-state index in [4.69, 9.17) is 5.73 Å². The Morgan fingerprint density at radius 3 is 3.09 bits per heavy atom. The lowest BCUT2D eigenvalue weighted by Crippen LogP contribution is -2.32. The maximum atomic E-state index is 10.9. The summed E-state index contributed by atoms with van der Waals surface area (Å²) in [6.07, 6.45) is 0. The van der Waals surface area contributed by atoms with Gasteiger partial charge in [-0.3, -0.25) is 10.1 Å². The number of anilines is 1. The molecule has 5 nitrogen and oxygen atoms in total. The standard InChI is InChI=1S/C5H8N4OS/c1-3(6)4(10)8-5-9-7-2-11-5/h2-3H,6H2,1H3,(H,8,9,10)/t3-/m0/s1. The first kappa shape index (κ1) is 8.09. The molecule has 1 rings (SSSR count). The Kier molecular flexibility index (Phi) is 2.50. The number of hydrogen-bond donors (Lipinski definition) is 2. The first-order valence-corrected chi connectivity index (χ1v) is 3.90. The molecule has 0 aliphatic carbocycles. The van der Waals surface area contributed by atoms with Crippen LogP contribution in [-0.4, -0.2) is 22.1 Å². The second-order valence-electron chi connectivity index (χ2n) is 2.02. The third kappa shape index (κ3) is 2.24. The van der Waals surface area contributed by atoms with Gasteiger partial charge in [0.1, 0.15) is 5.51 Å². The Hall–Kier alpha value is -1.01. The maximum Gasteiger partial charge on any atom is 0.242 e. The van der Waals surface area contributed by atoms with E-state index < -0.39 is 6.04 Å². The molecule has 1 amide bonds. The van der Waals surface area contributed by atoms with Gasteiger partial charge in [0.2, 0.25) is 11.0 Å². The van der Waals surface area contributed by atoms with Crippen LogP contribution in [0.25, 0.3) is 0 Å². The van der Waals surface area contributed by atoms with E-state index in [2.05, 4.69) is 15.5 Å². The van der Waals surface area contributed by atoms with Crippen molar-refractivity contribution < 1.29 is 4.79 Å². The minimum atomic E-state index is -0.515. The molecule has 1 aromatic rings. The summed E-state index contributed by atoms with van der Waals surface area (Å²) in [6, 6.07) is -0.515. The molecule has 0 aliphatic heterocycles. The number of nitrogens with two attached hydrogens (primary N) is 1. The van der Waals surface area contributed by atoms with Crippen LogP contribution in [0.2, 0.25) is 0 Å². The molecule has 3 N–H and O–H groups in total. The number of rotatable bonds is 2. The van der Waals surface area contributed by atoms with E-state index in [0.717, 1.165) is 0 Å². The summed E-state index contributed by atoms with van der Waals surface area (Å²) >= 11 is 1.26. The fourth-order valence-corrected chi connectivity index (χ4v) is 0.895. The Balaban J connectivity index is 2.50. The van der Waals surface area contributed by atoms with Gasteiger partial charge in [0.15, 0.2) is 0 Å². The highest BCUT2D eigenvalue weighted by molar-refractivity contribution is 7.13. The molecule has 0 bridgehead atoms. The van der Waals surface area contributed by atoms with Crippen LogP contribution < -0.4 is 11.1 Å². The molecule has 6 heteroatoms. The molecule has 60 valence electrons. The number of nitrogens with one attached hydrogen (secondary N) is 1. The van der Waals surface area contributed by atoms with Crippen molar-refractivity contribution in [1.29, 1.82) is 0 Å². The highest BCUT2D eigenvalue weighted by atomic mass is 32.1. The predicted octanol–water partition coefficient (Wildman–Crippen LogP) is -0.176. The molecule has 0 saturated carbocycles. The van der Waals surface area contributed by atoms with Crippen LogP contribution in [-0.2, 0) is 4.79 Å². The van der Waals surface area contributed by atoms with Crippen LogP contribution in [0.5, 0.6) is 0 Å². The number of carbonyl (C=O) groups is 1. The van der Waals surface area contributed by atoms with E-state index in [1.165, 1.54) is 16.8 Å². The van der Waals surface area contributed by atoms with Crippen LogP contribution in [0.15, 0.2) is 5.51 Å². The minimum absolute atomic E-state index is 0.248. The molecule has 0 aliphatic rings. The number of hydrogen-bond acceptors (Lipinski definition) is 5. The van der Waals surface area contributed by atoms with E-state index in [9.17, 15) is 4.79 Å². The normalized spacial score (nSPS) is 12.5. The van der Waals surface area contributed by atoms with Crippen LogP contribution in [0.4, 0.5) is 5.13 Å². The Morgan fingerprint density at radius 1 is 1.91 bits per heavy atom. The van der Waals surface area contributed by atoms with Crippen molar-refractivity contribution >= 4 is 22.4 Å². The Bertz CT molecular complexity index is 233. The van der Waals surface area contributed by atoms with E-state index in [-0.39, 0.29) is 5.91 Å². The molecule has 1 atom stereocenters. The minimum Gasteiger partial charge on any atom is -0.320 e. The summed E-state index contributed by atoms with van der Waals surface area (Å²) in [7, 11) is 0. The summed E-state index contributed by atoms with van der Waals surface area (Å²) in [5, 5.41) is 10.1. The zero-order chi connectivity index (χ0) is 8.27. The Labute approximate surface area is 67.6 Å². The monoisotopic (exact) mass is 172 g/mol. The van der Waals surface area contributed by atoms with E-state index in [1.807, 2.05) is 0 Å². The molecule has 1 heterocycles. The van der Waals surface area contributed by atoms with Crippen LogP contribution >= 0.6 is 11.3 Å². The SMILES string of the molecule is C[C@H](N)C(=O)Nc1nncs1. The maximum absolute atomic E-state index is 10.9. The van der Waals surface area contributed by atoms with Gasteiger partial charge < -0.3 is 5.73 Å². The first-order chi connectivity index (χ1) is 5.20. The van der Waals surface area contributed by atoms with Gasteiger partial charge >= 0.3 is 0 Å². The lowest BCUT2D eigenvalue weighted by atomic mass is 10.3. The van der Waals surface area contributed by atoms with Crippen molar-refractivity contribution in [2.75, 3.05) is 5.32 Å². The van der Waals surface area contributed by atoms with Crippen LogP contribution in [0.3, 0.4) is 0 Å². The fraction of sp³-hybridized carbons (Fsp3) is 0.400. The van der Waals surface area contributed by atoms with E-state index in [1.54, 1.807) is 6.92 Å². The first-order valence-electron chi connectivity index (χ1n) is 3.03. The molecule has 0 saturated heterocycles. The summed E-state index contributed by atoms with van der Waals surface area (Å²) < 4.78 is 0. The van der Waals surface area contributed by atoms with Crippen molar-refractivity contribution in [2.24, 2.45) is 5.73 Å². The van der Waals surface area contributed by atoms with Gasteiger partial charge in [0.25, 0.3) is 0 Å². The molecule has 0 aromatic carbocycles. The zero-order valence-corrected chi connectivity index (χ0v) is 6.76. The molecule has 0 fully saturated rings. The average Bonchev–Trinajstić information content (AvgIpc) is 2.39. The second-order valence-corrected chi connectivity index (χ2v) is 2.86. The van der Waals surface area contributed by atoms with Gasteiger partial charge in [-0.05, 0) is 6.92 Å². The molecule has 0 unspecified atom stereocenters. The molecular formula is C5H8N4OS. The quantitative estimate of drug-likeness (QED) is 0.648. The van der Waals surface area contributed by atoms with Gasteiger partial charge in [-0.15, -0.1) is 10.2 Å². The number of nitrogens with zero attached hydrogens (tertiary/aromatic N) is 2. The van der Waals surface area contributed by atoms with Gasteiger partial charge in [-0.2, -0.15) is 0 Å². The lowest BCUT2D eigenvalue weighted by Gasteiger charge is -2.02. The third-order valence-corrected chi connectivity index (χ3v) is 1.61. The van der Waals surface area contributed by atoms with Crippen molar-refractivity contribution in [3.8, 4) is 0 Å². The molecule has 1 aromatic heterocycles. The highest BCUT2D eigenvalue weighted by Gasteiger charge is 2.08. The van der Waals surface area contributed by atoms with Gasteiger partial charge in [0.05, 0.1) is 6.04 Å². The van der Waals surface area contributed by atoms with Crippen molar-refractivity contribution in [3.05, 3.63) is 5.51 Å². The molecule has 11 heavy (non-hydrogen) atoms. The summed E-state index contributed by atoms with van der Waals surface area (Å²) in [6.45, 7) is 1.61. The van der Waals surface area contributed by atoms with Crippen LogP contribution in [0, 0.1) is 0 Å². The van der Waals surface area contributed by atoms with Crippen molar-refractivity contribution in [1.82, 2.24) is 10.2 Å². The molecule has 0 radical (unpaired) electrons. The number of amides is 1. The fourth-order valence-electron chi connectivity index (χ4n) is 0.447. The van der Waals surface area contributed by atoms with Gasteiger partial charge in [0, 0.05) is 0 Å². The number of aromatic nitrogens is 2. The highest BCUT2D eigenvalue weighted by Crippen LogP contribution is 2.07. The van der Waals surface area contributed by atoms with Gasteiger partial charge in [-0.1, -0.05) is 11.3 Å². The Morgan fingerprint density at radius 2 is 2.64 bits per heavy atom. The third-order valence-electron chi connectivity index (χ3n) is 1.00.